The van der Waals surface area contributed by atoms with Crippen LogP contribution in [0.3, 0.4) is 0 Å². The van der Waals surface area contributed by atoms with Gasteiger partial charge in [-0.25, -0.2) is 5.43 Å². The molecule has 0 bridgehead atoms. The van der Waals surface area contributed by atoms with Gasteiger partial charge in [0.1, 0.15) is 0 Å². The molecule has 4 heteroatoms. The minimum atomic E-state index is 0.0490. The molecule has 0 radical (unpaired) electrons. The molecule has 2 heterocycles. The van der Waals surface area contributed by atoms with Crippen molar-refractivity contribution in [3.05, 3.63) is 51.5 Å². The Morgan fingerprint density at radius 3 is 2.75 bits per heavy atom. The monoisotopic (exact) mass is 233 g/mol. The maximum absolute atomic E-state index is 5.65. The molecule has 3 nitrogen and oxygen atoms in total. The topological polar surface area (TPSA) is 50.9 Å². The number of hydrogen-bond donors (Lipinski definition) is 2. The summed E-state index contributed by atoms with van der Waals surface area (Å²) in [4.78, 5) is 5.48. The summed E-state index contributed by atoms with van der Waals surface area (Å²) >= 11 is 1.74. The lowest BCUT2D eigenvalue weighted by molar-refractivity contribution is 0.635. The SMILES string of the molecule is Cc1cc(C(NN)c2ccsc2C)ccn1. The number of pyridine rings is 1. The Labute approximate surface area is 99.3 Å². The normalized spacial score (nSPS) is 12.7. The summed E-state index contributed by atoms with van der Waals surface area (Å²) in [6.07, 6.45) is 1.82. The molecule has 0 aliphatic carbocycles. The molecule has 0 aromatic carbocycles. The Kier molecular flexibility index (Phi) is 3.33. The smallest absolute Gasteiger partial charge is 0.0721 e. The molecule has 3 N–H and O–H groups in total. The number of aromatic nitrogens is 1. The summed E-state index contributed by atoms with van der Waals surface area (Å²) in [6.45, 7) is 4.09. The summed E-state index contributed by atoms with van der Waals surface area (Å²) in [7, 11) is 0. The predicted molar refractivity (Wildman–Crippen MR) is 67.2 cm³/mol. The third kappa shape index (κ3) is 2.14. The Hall–Kier alpha value is -1.23. The number of thiophene rings is 1. The van der Waals surface area contributed by atoms with Gasteiger partial charge in [0.25, 0.3) is 0 Å². The zero-order valence-corrected chi connectivity index (χ0v) is 10.2. The Morgan fingerprint density at radius 2 is 2.19 bits per heavy atom. The van der Waals surface area contributed by atoms with E-state index in [0.717, 1.165) is 11.3 Å². The van der Waals surface area contributed by atoms with Crippen molar-refractivity contribution in [1.82, 2.24) is 10.4 Å². The Morgan fingerprint density at radius 1 is 1.38 bits per heavy atom. The van der Waals surface area contributed by atoms with Gasteiger partial charge in [-0.2, -0.15) is 0 Å². The molecular weight excluding hydrogens is 218 g/mol. The highest BCUT2D eigenvalue weighted by Gasteiger charge is 2.15. The van der Waals surface area contributed by atoms with Gasteiger partial charge in [0, 0.05) is 16.8 Å². The lowest BCUT2D eigenvalue weighted by atomic mass is 10.0. The average Bonchev–Trinajstić information content (AvgIpc) is 2.67. The van der Waals surface area contributed by atoms with Gasteiger partial charge in [0.05, 0.1) is 6.04 Å². The van der Waals surface area contributed by atoms with E-state index in [1.807, 2.05) is 19.2 Å². The van der Waals surface area contributed by atoms with Crippen LogP contribution in [0.2, 0.25) is 0 Å². The second-order valence-electron chi connectivity index (χ2n) is 3.76. The molecule has 1 unspecified atom stereocenters. The van der Waals surface area contributed by atoms with Crippen molar-refractivity contribution in [2.45, 2.75) is 19.9 Å². The number of nitrogens with two attached hydrogens (primary N) is 1. The Balaban J connectivity index is 2.40. The molecule has 2 aromatic rings. The van der Waals surface area contributed by atoms with E-state index in [0.29, 0.717) is 0 Å². The van der Waals surface area contributed by atoms with E-state index in [-0.39, 0.29) is 6.04 Å². The predicted octanol–water partition coefficient (Wildman–Crippen LogP) is 2.31. The van der Waals surface area contributed by atoms with Crippen LogP contribution < -0.4 is 11.3 Å². The van der Waals surface area contributed by atoms with Gasteiger partial charge >= 0.3 is 0 Å². The fourth-order valence-corrected chi connectivity index (χ4v) is 2.55. The molecule has 0 saturated carbocycles. The first-order valence-electron chi connectivity index (χ1n) is 5.15. The van der Waals surface area contributed by atoms with E-state index >= 15 is 0 Å². The van der Waals surface area contributed by atoms with Crippen LogP contribution in [-0.4, -0.2) is 4.98 Å². The lowest BCUT2D eigenvalue weighted by Gasteiger charge is -2.16. The third-order valence-electron chi connectivity index (χ3n) is 2.63. The van der Waals surface area contributed by atoms with Crippen LogP contribution in [0.1, 0.15) is 27.7 Å². The molecule has 2 aromatic heterocycles. The number of hydrazine groups is 1. The minimum Gasteiger partial charge on any atom is -0.271 e. The maximum atomic E-state index is 5.65. The standard InChI is InChI=1S/C12H15N3S/c1-8-7-10(3-5-14-8)12(15-13)11-4-6-16-9(11)2/h3-7,12,15H,13H2,1-2H3. The minimum absolute atomic E-state index is 0.0490. The first-order valence-corrected chi connectivity index (χ1v) is 6.03. The Bertz CT molecular complexity index is 479. The second kappa shape index (κ2) is 4.74. The van der Waals surface area contributed by atoms with Crippen molar-refractivity contribution < 1.29 is 0 Å². The fourth-order valence-electron chi connectivity index (χ4n) is 1.81. The van der Waals surface area contributed by atoms with Crippen LogP contribution in [0.25, 0.3) is 0 Å². The van der Waals surface area contributed by atoms with Crippen LogP contribution in [0.5, 0.6) is 0 Å². The first kappa shape index (κ1) is 11.3. The maximum Gasteiger partial charge on any atom is 0.0721 e. The highest BCUT2D eigenvalue weighted by atomic mass is 32.1. The number of nitrogens with one attached hydrogen (secondary N) is 1. The highest BCUT2D eigenvalue weighted by molar-refractivity contribution is 7.10. The van der Waals surface area contributed by atoms with Crippen LogP contribution in [0.4, 0.5) is 0 Å². The van der Waals surface area contributed by atoms with Crippen molar-refractivity contribution in [3.63, 3.8) is 0 Å². The number of nitrogens with zero attached hydrogens (tertiary/aromatic N) is 1. The molecule has 1 atom stereocenters. The van der Waals surface area contributed by atoms with Crippen molar-refractivity contribution in [2.75, 3.05) is 0 Å². The summed E-state index contributed by atoms with van der Waals surface area (Å²) in [6, 6.07) is 6.21. The van der Waals surface area contributed by atoms with Crippen LogP contribution in [0, 0.1) is 13.8 Å². The quantitative estimate of drug-likeness (QED) is 0.632. The van der Waals surface area contributed by atoms with E-state index < -0.39 is 0 Å². The van der Waals surface area contributed by atoms with Crippen LogP contribution in [0.15, 0.2) is 29.8 Å². The molecule has 0 aliphatic heterocycles. The van der Waals surface area contributed by atoms with E-state index in [1.54, 1.807) is 11.3 Å². The van der Waals surface area contributed by atoms with Gasteiger partial charge in [0.2, 0.25) is 0 Å². The van der Waals surface area contributed by atoms with Crippen molar-refractivity contribution in [3.8, 4) is 0 Å². The van der Waals surface area contributed by atoms with Gasteiger partial charge in [-0.15, -0.1) is 11.3 Å². The molecule has 16 heavy (non-hydrogen) atoms. The summed E-state index contributed by atoms with van der Waals surface area (Å²) in [5.74, 6) is 5.65. The molecule has 0 amide bonds. The lowest BCUT2D eigenvalue weighted by Crippen LogP contribution is -2.29. The van der Waals surface area contributed by atoms with Gasteiger partial charge in [0.15, 0.2) is 0 Å². The van der Waals surface area contributed by atoms with Gasteiger partial charge in [-0.1, -0.05) is 0 Å². The molecule has 84 valence electrons. The largest absolute Gasteiger partial charge is 0.271 e. The molecule has 0 aliphatic rings. The van der Waals surface area contributed by atoms with E-state index in [1.165, 1.54) is 10.4 Å². The summed E-state index contributed by atoms with van der Waals surface area (Å²) in [5.41, 5.74) is 6.26. The number of rotatable bonds is 3. The highest BCUT2D eigenvalue weighted by Crippen LogP contribution is 2.27. The van der Waals surface area contributed by atoms with Gasteiger partial charge < -0.3 is 0 Å². The zero-order valence-electron chi connectivity index (χ0n) is 9.40. The van der Waals surface area contributed by atoms with Crippen molar-refractivity contribution in [2.24, 2.45) is 5.84 Å². The van der Waals surface area contributed by atoms with Gasteiger partial charge in [-0.3, -0.25) is 10.8 Å². The first-order chi connectivity index (χ1) is 7.72. The number of hydrogen-bond acceptors (Lipinski definition) is 4. The van der Waals surface area contributed by atoms with E-state index in [2.05, 4.69) is 34.8 Å². The van der Waals surface area contributed by atoms with Crippen LogP contribution >= 0.6 is 11.3 Å². The zero-order chi connectivity index (χ0) is 11.5. The molecule has 0 saturated heterocycles. The van der Waals surface area contributed by atoms with Crippen molar-refractivity contribution >= 4 is 11.3 Å². The molecule has 2 rings (SSSR count). The average molecular weight is 233 g/mol. The second-order valence-corrected chi connectivity index (χ2v) is 4.88. The summed E-state index contributed by atoms with van der Waals surface area (Å²) < 4.78 is 0. The number of aryl methyl sites for hydroxylation is 2. The fraction of sp³-hybridized carbons (Fsp3) is 0.250. The molecule has 0 fully saturated rings. The van der Waals surface area contributed by atoms with E-state index in [4.69, 9.17) is 5.84 Å². The van der Waals surface area contributed by atoms with Crippen molar-refractivity contribution in [1.29, 1.82) is 0 Å². The summed E-state index contributed by atoms with van der Waals surface area (Å²) in [5, 5.41) is 2.09. The van der Waals surface area contributed by atoms with E-state index in [9.17, 15) is 0 Å². The van der Waals surface area contributed by atoms with Crippen LogP contribution in [-0.2, 0) is 0 Å². The molecule has 0 spiro atoms. The van der Waals surface area contributed by atoms with Gasteiger partial charge in [-0.05, 0) is 48.6 Å². The third-order valence-corrected chi connectivity index (χ3v) is 3.49. The molecular formula is C12H15N3S.